The summed E-state index contributed by atoms with van der Waals surface area (Å²) < 4.78 is 2.29. The number of aromatic nitrogens is 2. The summed E-state index contributed by atoms with van der Waals surface area (Å²) in [5.41, 5.74) is 24.6. The van der Waals surface area contributed by atoms with Gasteiger partial charge in [-0.2, -0.15) is 0 Å². The minimum atomic E-state index is -0.142. The second-order valence-corrected chi connectivity index (χ2v) is 20.7. The molecule has 0 fully saturated rings. The Hall–Kier alpha value is -8.59. The highest BCUT2D eigenvalue weighted by Crippen LogP contribution is 2.54. The molecule has 71 heavy (non-hydrogen) atoms. The minimum absolute atomic E-state index is 0.137. The zero-order valence-corrected chi connectivity index (χ0v) is 40.3. The Morgan fingerprint density at radius 3 is 1.28 bits per heavy atom. The molecule has 1 aromatic heterocycles. The molecule has 2 nitrogen and oxygen atoms in total. The molecule has 0 unspecified atom stereocenters. The van der Waals surface area contributed by atoms with Crippen LogP contribution in [0.3, 0.4) is 0 Å². The van der Waals surface area contributed by atoms with E-state index in [0.717, 1.165) is 33.7 Å². The summed E-state index contributed by atoms with van der Waals surface area (Å²) in [5.74, 6) is 0.934. The van der Waals surface area contributed by atoms with Gasteiger partial charge in [-0.15, -0.1) is 0 Å². The van der Waals surface area contributed by atoms with E-state index in [1.807, 2.05) is 0 Å². The third-order valence-electron chi connectivity index (χ3n) is 16.0. The monoisotopic (exact) mass is 906 g/mol. The van der Waals surface area contributed by atoms with Gasteiger partial charge in [0.05, 0.1) is 11.0 Å². The smallest absolute Gasteiger partial charge is 0.145 e. The van der Waals surface area contributed by atoms with Crippen molar-refractivity contribution in [2.75, 3.05) is 0 Å². The van der Waals surface area contributed by atoms with Crippen molar-refractivity contribution in [3.63, 3.8) is 0 Å². The van der Waals surface area contributed by atoms with Gasteiger partial charge in [-0.05, 0) is 159 Å². The summed E-state index contributed by atoms with van der Waals surface area (Å²) >= 11 is 0. The van der Waals surface area contributed by atoms with E-state index >= 15 is 0 Å². The second-order valence-electron chi connectivity index (χ2n) is 20.7. The van der Waals surface area contributed by atoms with Crippen LogP contribution >= 0.6 is 0 Å². The Morgan fingerprint density at radius 2 is 0.732 bits per heavy atom. The van der Waals surface area contributed by atoms with E-state index in [2.05, 4.69) is 263 Å². The van der Waals surface area contributed by atoms with Crippen molar-refractivity contribution in [2.45, 2.75) is 38.5 Å². The summed E-state index contributed by atoms with van der Waals surface area (Å²) in [7, 11) is 0. The molecule has 1 heterocycles. The van der Waals surface area contributed by atoms with Gasteiger partial charge in [0.2, 0.25) is 0 Å². The van der Waals surface area contributed by atoms with Crippen LogP contribution in [-0.2, 0) is 10.8 Å². The third-order valence-corrected chi connectivity index (χ3v) is 16.0. The molecule has 12 aromatic rings. The molecular weight excluding hydrogens is 857 g/mol. The molecule has 0 amide bonds. The molecule has 0 spiro atoms. The lowest BCUT2D eigenvalue weighted by Gasteiger charge is -2.24. The zero-order valence-electron chi connectivity index (χ0n) is 40.3. The van der Waals surface area contributed by atoms with Crippen molar-refractivity contribution in [1.29, 1.82) is 0 Å². The number of nitrogens with zero attached hydrogens (tertiary/aromatic N) is 2. The van der Waals surface area contributed by atoms with Gasteiger partial charge in [0.15, 0.2) is 0 Å². The molecule has 11 aromatic carbocycles. The molecule has 2 aliphatic carbocycles. The van der Waals surface area contributed by atoms with Gasteiger partial charge in [-0.25, -0.2) is 4.98 Å². The minimum Gasteiger partial charge on any atom is -0.292 e. The van der Waals surface area contributed by atoms with Gasteiger partial charge in [-0.1, -0.05) is 210 Å². The summed E-state index contributed by atoms with van der Waals surface area (Å²) in [6.45, 7) is 9.55. The van der Waals surface area contributed by atoms with Gasteiger partial charge < -0.3 is 0 Å². The molecule has 2 heteroatoms. The molecule has 0 N–H and O–H groups in total. The zero-order chi connectivity index (χ0) is 47.6. The quantitative estimate of drug-likeness (QED) is 0.152. The fourth-order valence-corrected chi connectivity index (χ4v) is 12.4. The van der Waals surface area contributed by atoms with E-state index in [-0.39, 0.29) is 10.8 Å². The van der Waals surface area contributed by atoms with Crippen molar-refractivity contribution in [3.8, 4) is 83.8 Å². The summed E-state index contributed by atoms with van der Waals surface area (Å²) in [6, 6.07) is 85.7. The Labute approximate surface area is 415 Å². The first-order chi connectivity index (χ1) is 34.7. The van der Waals surface area contributed by atoms with Gasteiger partial charge >= 0.3 is 0 Å². The van der Waals surface area contributed by atoms with E-state index in [4.69, 9.17) is 4.98 Å². The topological polar surface area (TPSA) is 17.8 Å². The Balaban J connectivity index is 1.02. The van der Waals surface area contributed by atoms with Crippen molar-refractivity contribution in [1.82, 2.24) is 9.55 Å². The van der Waals surface area contributed by atoms with Crippen LogP contribution in [0.4, 0.5) is 0 Å². The molecule has 336 valence electrons. The largest absolute Gasteiger partial charge is 0.292 e. The Morgan fingerprint density at radius 1 is 0.310 bits per heavy atom. The fourth-order valence-electron chi connectivity index (χ4n) is 12.4. The van der Waals surface area contributed by atoms with Crippen LogP contribution in [0, 0.1) is 0 Å². The van der Waals surface area contributed by atoms with E-state index in [0.29, 0.717) is 0 Å². The normalized spacial score (nSPS) is 13.9. The van der Waals surface area contributed by atoms with Crippen molar-refractivity contribution in [3.05, 3.63) is 253 Å². The van der Waals surface area contributed by atoms with E-state index in [9.17, 15) is 0 Å². The Bertz CT molecular complexity index is 4130. The average molecular weight is 907 g/mol. The van der Waals surface area contributed by atoms with Crippen LogP contribution in [0.5, 0.6) is 0 Å². The first-order valence-electron chi connectivity index (χ1n) is 24.9. The highest BCUT2D eigenvalue weighted by Gasteiger charge is 2.37. The number of hydrogen-bond acceptors (Lipinski definition) is 1. The molecule has 0 bridgehead atoms. The summed E-state index contributed by atoms with van der Waals surface area (Å²) in [4.78, 5) is 5.14. The molecule has 0 atom stereocenters. The summed E-state index contributed by atoms with van der Waals surface area (Å²) in [5, 5.41) is 4.98. The van der Waals surface area contributed by atoms with Gasteiger partial charge in [0.25, 0.3) is 0 Å². The predicted octanol–water partition coefficient (Wildman–Crippen LogP) is 18.3. The molecule has 14 rings (SSSR count). The van der Waals surface area contributed by atoms with Crippen LogP contribution in [0.15, 0.2) is 231 Å². The Kier molecular flexibility index (Phi) is 9.01. The maximum Gasteiger partial charge on any atom is 0.145 e. The number of benzene rings is 11. The maximum absolute atomic E-state index is 5.14. The fraction of sp³-hybridized carbons (Fsp3) is 0.0870. The molecule has 0 aliphatic heterocycles. The van der Waals surface area contributed by atoms with Crippen LogP contribution < -0.4 is 0 Å². The number of hydrogen-bond donors (Lipinski definition) is 0. The lowest BCUT2D eigenvalue weighted by atomic mass is 9.79. The van der Waals surface area contributed by atoms with Crippen LogP contribution in [0.25, 0.3) is 116 Å². The van der Waals surface area contributed by atoms with Crippen LogP contribution in [-0.4, -0.2) is 9.55 Å². The van der Waals surface area contributed by atoms with Gasteiger partial charge in [0, 0.05) is 22.1 Å². The van der Waals surface area contributed by atoms with Crippen LogP contribution in [0.1, 0.15) is 49.9 Å². The predicted molar refractivity (Wildman–Crippen MR) is 298 cm³/mol. The number of fused-ring (bicyclic) bond motifs is 9. The highest BCUT2D eigenvalue weighted by molar-refractivity contribution is 6.23. The molecule has 2 aliphatic rings. The van der Waals surface area contributed by atoms with Gasteiger partial charge in [0.1, 0.15) is 5.82 Å². The first-order valence-corrected chi connectivity index (χ1v) is 24.9. The number of rotatable bonds is 6. The standard InChI is InChI=1S/C69H50N2/c1-68(2)59-23-13-11-21-51(59)53-35-31-48(41-61(53)68)65-56-38-30-47(44-27-33-50(34-28-44)71-64-26-16-15-25-63(64)70-67(71)45-19-9-6-10-20-45)40-58(56)66(55-37-29-46(39-57(55)65)43-17-7-5-8-18-43)49-32-36-54-52-22-12-14-24-60(52)69(3,4)62(54)42-49/h5-42H,1-4H3. The van der Waals surface area contributed by atoms with Gasteiger partial charge in [-0.3, -0.25) is 4.57 Å². The third kappa shape index (κ3) is 6.24. The molecule has 0 radical (unpaired) electrons. The van der Waals surface area contributed by atoms with Crippen molar-refractivity contribution in [2.24, 2.45) is 0 Å². The number of imidazole rings is 1. The highest BCUT2D eigenvalue weighted by atomic mass is 15.1. The van der Waals surface area contributed by atoms with E-state index < -0.39 is 0 Å². The van der Waals surface area contributed by atoms with Crippen LogP contribution in [0.2, 0.25) is 0 Å². The second kappa shape index (κ2) is 15.5. The van der Waals surface area contributed by atoms with Crippen molar-refractivity contribution >= 4 is 32.6 Å². The molecule has 0 saturated carbocycles. The first kappa shape index (κ1) is 41.4. The molecular formula is C69H50N2. The molecule has 0 saturated heterocycles. The SMILES string of the molecule is CC1(C)c2ccccc2-c2ccc(-c3c4ccc(-c5ccc(-n6c(-c7ccccc7)nc7ccccc76)cc5)cc4c(-c4ccc5c(c4)C(C)(C)c4ccccc4-5)c4ccc(-c5ccccc5)cc34)cc21. The van der Waals surface area contributed by atoms with E-state index in [1.165, 1.54) is 105 Å². The average Bonchev–Trinajstić information content (AvgIpc) is 4.00. The van der Waals surface area contributed by atoms with Crippen molar-refractivity contribution < 1.29 is 0 Å². The van der Waals surface area contributed by atoms with E-state index in [1.54, 1.807) is 0 Å². The number of para-hydroxylation sites is 2. The lowest BCUT2D eigenvalue weighted by Crippen LogP contribution is -2.15. The summed E-state index contributed by atoms with van der Waals surface area (Å²) in [6.07, 6.45) is 0. The lowest BCUT2D eigenvalue weighted by molar-refractivity contribution is 0.660. The maximum atomic E-state index is 5.14.